The van der Waals surface area contributed by atoms with Gasteiger partial charge in [0.05, 0.1) is 18.8 Å². The standard InChI is InChI=1S/C15H20O4/c1-11-13(16)3-2-4-14(11)19-12-5-7-18-15(9-12)6-8-17-10-15/h2-4,12,16H,5-10H2,1H3. The molecule has 2 aliphatic heterocycles. The second-order valence-corrected chi connectivity index (χ2v) is 5.47. The SMILES string of the molecule is Cc1c(O)cccc1OC1CCOC2(CCOC2)C1. The van der Waals surface area contributed by atoms with Gasteiger partial charge in [-0.3, -0.25) is 0 Å². The molecule has 4 nitrogen and oxygen atoms in total. The van der Waals surface area contributed by atoms with Crippen molar-refractivity contribution in [2.24, 2.45) is 0 Å². The molecule has 1 aromatic rings. The molecular weight excluding hydrogens is 244 g/mol. The third-order valence-corrected chi connectivity index (χ3v) is 4.06. The van der Waals surface area contributed by atoms with Crippen molar-refractivity contribution in [1.29, 1.82) is 0 Å². The minimum Gasteiger partial charge on any atom is -0.508 e. The fraction of sp³-hybridized carbons (Fsp3) is 0.600. The molecule has 2 heterocycles. The van der Waals surface area contributed by atoms with Crippen molar-refractivity contribution >= 4 is 0 Å². The lowest BCUT2D eigenvalue weighted by Crippen LogP contribution is -2.44. The normalized spacial score (nSPS) is 30.7. The number of ether oxygens (including phenoxy) is 3. The number of hydrogen-bond donors (Lipinski definition) is 1. The second kappa shape index (κ2) is 5.02. The fourth-order valence-electron chi connectivity index (χ4n) is 2.86. The van der Waals surface area contributed by atoms with Crippen LogP contribution in [0.4, 0.5) is 0 Å². The number of phenols is 1. The van der Waals surface area contributed by atoms with Crippen LogP contribution in [0.2, 0.25) is 0 Å². The zero-order valence-electron chi connectivity index (χ0n) is 11.2. The summed E-state index contributed by atoms with van der Waals surface area (Å²) in [6, 6.07) is 5.40. The van der Waals surface area contributed by atoms with Gasteiger partial charge in [-0.1, -0.05) is 6.07 Å². The summed E-state index contributed by atoms with van der Waals surface area (Å²) in [5, 5.41) is 9.71. The first kappa shape index (κ1) is 12.8. The van der Waals surface area contributed by atoms with Gasteiger partial charge in [0.2, 0.25) is 0 Å². The number of aromatic hydroxyl groups is 1. The Balaban J connectivity index is 1.71. The maximum atomic E-state index is 9.71. The van der Waals surface area contributed by atoms with E-state index in [-0.39, 0.29) is 17.5 Å². The molecule has 2 fully saturated rings. The fourth-order valence-corrected chi connectivity index (χ4v) is 2.86. The van der Waals surface area contributed by atoms with Gasteiger partial charge in [0.25, 0.3) is 0 Å². The molecule has 2 saturated heterocycles. The van der Waals surface area contributed by atoms with E-state index in [1.54, 1.807) is 6.07 Å². The minimum absolute atomic E-state index is 0.135. The van der Waals surface area contributed by atoms with E-state index < -0.39 is 0 Å². The predicted octanol–water partition coefficient (Wildman–Crippen LogP) is 2.42. The van der Waals surface area contributed by atoms with Gasteiger partial charge >= 0.3 is 0 Å². The third-order valence-electron chi connectivity index (χ3n) is 4.06. The second-order valence-electron chi connectivity index (χ2n) is 5.47. The first-order valence-corrected chi connectivity index (χ1v) is 6.85. The molecule has 3 rings (SSSR count). The topological polar surface area (TPSA) is 47.9 Å². The van der Waals surface area contributed by atoms with Crippen molar-refractivity contribution in [3.63, 3.8) is 0 Å². The van der Waals surface area contributed by atoms with Gasteiger partial charge in [0.1, 0.15) is 17.6 Å². The lowest BCUT2D eigenvalue weighted by molar-refractivity contribution is -0.112. The van der Waals surface area contributed by atoms with Crippen LogP contribution in [0, 0.1) is 6.92 Å². The van der Waals surface area contributed by atoms with Gasteiger partial charge < -0.3 is 19.3 Å². The van der Waals surface area contributed by atoms with E-state index in [2.05, 4.69) is 0 Å². The highest BCUT2D eigenvalue weighted by Gasteiger charge is 2.41. The van der Waals surface area contributed by atoms with E-state index >= 15 is 0 Å². The molecule has 0 aromatic heterocycles. The van der Waals surface area contributed by atoms with Crippen LogP contribution in [-0.4, -0.2) is 36.6 Å². The number of phenolic OH excluding ortho intramolecular Hbond substituents is 1. The van der Waals surface area contributed by atoms with Gasteiger partial charge in [-0.15, -0.1) is 0 Å². The van der Waals surface area contributed by atoms with Gasteiger partial charge in [0, 0.05) is 31.4 Å². The average Bonchev–Trinajstić information content (AvgIpc) is 2.83. The van der Waals surface area contributed by atoms with Crippen LogP contribution in [0.1, 0.15) is 24.8 Å². The van der Waals surface area contributed by atoms with Crippen LogP contribution in [0.5, 0.6) is 11.5 Å². The van der Waals surface area contributed by atoms with Crippen LogP contribution < -0.4 is 4.74 Å². The van der Waals surface area contributed by atoms with Crippen LogP contribution in [0.25, 0.3) is 0 Å². The summed E-state index contributed by atoms with van der Waals surface area (Å²) in [6.07, 6.45) is 2.83. The van der Waals surface area contributed by atoms with E-state index in [9.17, 15) is 5.11 Å². The summed E-state index contributed by atoms with van der Waals surface area (Å²) < 4.78 is 17.4. The summed E-state index contributed by atoms with van der Waals surface area (Å²) in [4.78, 5) is 0. The Bertz CT molecular complexity index is 451. The molecule has 0 aliphatic carbocycles. The molecule has 1 N–H and O–H groups in total. The highest BCUT2D eigenvalue weighted by Crippen LogP contribution is 2.35. The Kier molecular flexibility index (Phi) is 3.37. The molecule has 2 atom stereocenters. The number of rotatable bonds is 2. The van der Waals surface area contributed by atoms with E-state index in [0.717, 1.165) is 37.2 Å². The van der Waals surface area contributed by atoms with Crippen molar-refractivity contribution in [3.8, 4) is 11.5 Å². The van der Waals surface area contributed by atoms with E-state index in [4.69, 9.17) is 14.2 Å². The Morgan fingerprint density at radius 2 is 2.26 bits per heavy atom. The van der Waals surface area contributed by atoms with Crippen LogP contribution in [-0.2, 0) is 9.47 Å². The maximum absolute atomic E-state index is 9.71. The molecule has 19 heavy (non-hydrogen) atoms. The smallest absolute Gasteiger partial charge is 0.126 e. The van der Waals surface area contributed by atoms with Gasteiger partial charge in [-0.2, -0.15) is 0 Å². The third kappa shape index (κ3) is 2.55. The van der Waals surface area contributed by atoms with E-state index in [1.165, 1.54) is 0 Å². The Morgan fingerprint density at radius 3 is 3.05 bits per heavy atom. The molecule has 4 heteroatoms. The molecule has 0 bridgehead atoms. The number of hydrogen-bond acceptors (Lipinski definition) is 4. The summed E-state index contributed by atoms with van der Waals surface area (Å²) in [6.45, 7) is 4.04. The molecule has 1 aromatic carbocycles. The first-order valence-electron chi connectivity index (χ1n) is 6.85. The predicted molar refractivity (Wildman–Crippen MR) is 70.6 cm³/mol. The molecule has 0 amide bonds. The van der Waals surface area contributed by atoms with Crippen LogP contribution in [0.15, 0.2) is 18.2 Å². The quantitative estimate of drug-likeness (QED) is 0.891. The first-order chi connectivity index (χ1) is 9.19. The molecule has 2 unspecified atom stereocenters. The largest absolute Gasteiger partial charge is 0.508 e. The van der Waals surface area contributed by atoms with Crippen LogP contribution in [0.3, 0.4) is 0 Å². The lowest BCUT2D eigenvalue weighted by Gasteiger charge is -2.37. The number of benzene rings is 1. The van der Waals surface area contributed by atoms with Crippen molar-refractivity contribution in [1.82, 2.24) is 0 Å². The lowest BCUT2D eigenvalue weighted by atomic mass is 9.91. The van der Waals surface area contributed by atoms with Crippen molar-refractivity contribution in [2.75, 3.05) is 19.8 Å². The molecule has 0 radical (unpaired) electrons. The summed E-state index contributed by atoms with van der Waals surface area (Å²) >= 11 is 0. The van der Waals surface area contributed by atoms with Gasteiger partial charge in [0.15, 0.2) is 0 Å². The average molecular weight is 264 g/mol. The minimum atomic E-state index is -0.145. The zero-order chi connectivity index (χ0) is 13.3. The van der Waals surface area contributed by atoms with E-state index in [0.29, 0.717) is 13.2 Å². The van der Waals surface area contributed by atoms with Crippen molar-refractivity contribution < 1.29 is 19.3 Å². The molecule has 2 aliphatic rings. The van der Waals surface area contributed by atoms with Crippen LogP contribution >= 0.6 is 0 Å². The van der Waals surface area contributed by atoms with Crippen molar-refractivity contribution in [2.45, 2.75) is 37.9 Å². The van der Waals surface area contributed by atoms with Gasteiger partial charge in [-0.25, -0.2) is 0 Å². The molecule has 1 spiro atoms. The summed E-state index contributed by atoms with van der Waals surface area (Å²) in [7, 11) is 0. The highest BCUT2D eigenvalue weighted by molar-refractivity contribution is 5.42. The monoisotopic (exact) mass is 264 g/mol. The maximum Gasteiger partial charge on any atom is 0.126 e. The highest BCUT2D eigenvalue weighted by atomic mass is 16.6. The van der Waals surface area contributed by atoms with E-state index in [1.807, 2.05) is 19.1 Å². The van der Waals surface area contributed by atoms with Crippen molar-refractivity contribution in [3.05, 3.63) is 23.8 Å². The Labute approximate surface area is 113 Å². The molecule has 104 valence electrons. The van der Waals surface area contributed by atoms with Gasteiger partial charge in [-0.05, 0) is 19.1 Å². The Morgan fingerprint density at radius 1 is 1.37 bits per heavy atom. The zero-order valence-corrected chi connectivity index (χ0v) is 11.2. The Hall–Kier alpha value is -1.26. The molecular formula is C15H20O4. The summed E-state index contributed by atoms with van der Waals surface area (Å²) in [5.74, 6) is 1.05. The summed E-state index contributed by atoms with van der Waals surface area (Å²) in [5.41, 5.74) is 0.652. The molecule has 0 saturated carbocycles.